The van der Waals surface area contributed by atoms with Gasteiger partial charge in [0.2, 0.25) is 23.6 Å². The number of rotatable bonds is 31. The summed E-state index contributed by atoms with van der Waals surface area (Å²) in [6, 6.07) is 24.9. The summed E-state index contributed by atoms with van der Waals surface area (Å²) >= 11 is 27.1. The normalized spacial score (nSPS) is 17.5. The van der Waals surface area contributed by atoms with Gasteiger partial charge in [0.05, 0.1) is 60.0 Å². The third-order valence-corrected chi connectivity index (χ3v) is 18.5. The number of amides is 4. The summed E-state index contributed by atoms with van der Waals surface area (Å²) in [7, 11) is 0. The molecule has 450 valence electrons. The molecule has 4 aliphatic carbocycles. The van der Waals surface area contributed by atoms with Crippen molar-refractivity contribution in [3.05, 3.63) is 115 Å². The number of para-hydroxylation sites is 4. The number of aliphatic carboxylic acids is 2. The average Bonchev–Trinajstić information content (AvgIpc) is 2.94. The molecule has 4 aromatic carbocycles. The number of anilines is 4. The lowest BCUT2D eigenvalue weighted by Gasteiger charge is -2.39. The van der Waals surface area contributed by atoms with Crippen LogP contribution in [0.1, 0.15) is 99.3 Å². The van der Waals surface area contributed by atoms with Crippen molar-refractivity contribution in [2.75, 3.05) is 98.1 Å². The van der Waals surface area contributed by atoms with Gasteiger partial charge in [-0.3, -0.25) is 49.2 Å². The van der Waals surface area contributed by atoms with E-state index in [1.165, 1.54) is 35.5 Å². The van der Waals surface area contributed by atoms with Crippen molar-refractivity contribution in [1.82, 2.24) is 31.1 Å². The Morgan fingerprint density at radius 2 is 0.845 bits per heavy atom. The van der Waals surface area contributed by atoms with Crippen LogP contribution in [0.25, 0.3) is 0 Å². The molecule has 4 aromatic rings. The fourth-order valence-corrected chi connectivity index (χ4v) is 12.9. The highest BCUT2D eigenvalue weighted by atomic mass is 35.5. The number of carbonyl (C=O) groups is 6. The first-order valence-electron chi connectivity index (χ1n) is 29.7. The van der Waals surface area contributed by atoms with E-state index in [2.05, 4.69) is 43.2 Å². The second-order valence-electron chi connectivity index (χ2n) is 23.5. The van der Waals surface area contributed by atoms with Crippen LogP contribution in [0.4, 0.5) is 22.7 Å². The summed E-state index contributed by atoms with van der Waals surface area (Å²) in [5, 5.41) is 34.3. The van der Waals surface area contributed by atoms with Crippen molar-refractivity contribution in [3.63, 3.8) is 0 Å². The van der Waals surface area contributed by atoms with Gasteiger partial charge in [-0.05, 0) is 161 Å². The largest absolute Gasteiger partial charge is 0.480 e. The van der Waals surface area contributed by atoms with Gasteiger partial charge < -0.3 is 40.4 Å². The molecule has 0 unspecified atom stereocenters. The first-order chi connectivity index (χ1) is 40.5. The van der Waals surface area contributed by atoms with Crippen LogP contribution in [0.3, 0.4) is 0 Å². The highest BCUT2D eigenvalue weighted by Crippen LogP contribution is 2.46. The summed E-state index contributed by atoms with van der Waals surface area (Å²) in [6.07, 6.45) is 11.6. The van der Waals surface area contributed by atoms with Crippen LogP contribution in [0.5, 0.6) is 0 Å². The molecule has 0 bridgehead atoms. The quantitative estimate of drug-likeness (QED) is 0.0265. The average molecular weight is 1230 g/mol. The molecule has 0 saturated heterocycles. The van der Waals surface area contributed by atoms with E-state index in [-0.39, 0.29) is 49.8 Å². The van der Waals surface area contributed by atoms with Gasteiger partial charge in [0.1, 0.15) is 0 Å². The van der Waals surface area contributed by atoms with Crippen molar-refractivity contribution in [1.29, 1.82) is 0 Å². The van der Waals surface area contributed by atoms with E-state index in [1.54, 1.807) is 0 Å². The van der Waals surface area contributed by atoms with Gasteiger partial charge >= 0.3 is 11.9 Å². The number of nitrogens with one attached hydrogen (secondary N) is 4. The molecule has 0 spiro atoms. The van der Waals surface area contributed by atoms with Crippen LogP contribution in [-0.4, -0.2) is 157 Å². The Morgan fingerprint density at radius 1 is 0.488 bits per heavy atom. The van der Waals surface area contributed by atoms with E-state index in [4.69, 9.17) is 46.4 Å². The Morgan fingerprint density at radius 3 is 1.20 bits per heavy atom. The fourth-order valence-electron chi connectivity index (χ4n) is 11.8. The van der Waals surface area contributed by atoms with Crippen LogP contribution in [-0.2, 0) is 54.7 Å². The van der Waals surface area contributed by atoms with Gasteiger partial charge in [-0.2, -0.15) is 0 Å². The Hall–Kier alpha value is -5.70. The maximum atomic E-state index is 14.0. The lowest BCUT2D eigenvalue weighted by molar-refractivity contribution is -0.141. The summed E-state index contributed by atoms with van der Waals surface area (Å²) in [4.78, 5) is 89.4. The van der Waals surface area contributed by atoms with Gasteiger partial charge in [-0.25, -0.2) is 0 Å². The zero-order chi connectivity index (χ0) is 59.1. The second-order valence-corrected chi connectivity index (χ2v) is 25.1. The van der Waals surface area contributed by atoms with Crippen molar-refractivity contribution >= 4 is 105 Å². The lowest BCUT2D eigenvalue weighted by Crippen LogP contribution is -2.53. The molecule has 4 amide bonds. The molecule has 4 saturated carbocycles. The third-order valence-electron chi connectivity index (χ3n) is 17.1. The summed E-state index contributed by atoms with van der Waals surface area (Å²) in [5.74, 6) is -2.91. The lowest BCUT2D eigenvalue weighted by atomic mass is 10.0. The number of carboxylic acids is 2. The van der Waals surface area contributed by atoms with Crippen LogP contribution >= 0.6 is 46.4 Å². The molecule has 2 aliphatic heterocycles. The van der Waals surface area contributed by atoms with E-state index in [0.29, 0.717) is 110 Å². The topological polar surface area (TPSA) is 210 Å². The molecule has 18 nitrogen and oxygen atoms in total. The molecule has 0 aromatic heterocycles. The number of benzene rings is 4. The Balaban J connectivity index is 0.610. The molecule has 0 radical (unpaired) electrons. The predicted octanol–water partition coefficient (Wildman–Crippen LogP) is 7.93. The minimum absolute atomic E-state index is 0.0264. The zero-order valence-electron chi connectivity index (χ0n) is 47.4. The molecule has 22 heteroatoms. The van der Waals surface area contributed by atoms with E-state index < -0.39 is 36.1 Å². The first-order valence-corrected chi connectivity index (χ1v) is 31.2. The molecule has 84 heavy (non-hydrogen) atoms. The number of aryl methyl sites for hydroxylation is 2. The van der Waals surface area contributed by atoms with E-state index in [1.807, 2.05) is 70.5 Å². The number of carboxylic acid groups (broad SMARTS) is 2. The zero-order valence-corrected chi connectivity index (χ0v) is 50.4. The van der Waals surface area contributed by atoms with Gasteiger partial charge in [-0.1, -0.05) is 70.7 Å². The van der Waals surface area contributed by atoms with Crippen LogP contribution < -0.4 is 40.9 Å². The maximum Gasteiger partial charge on any atom is 0.317 e. The van der Waals surface area contributed by atoms with Crippen molar-refractivity contribution in [2.24, 2.45) is 0 Å². The van der Waals surface area contributed by atoms with Crippen molar-refractivity contribution < 1.29 is 39.0 Å². The fraction of sp³-hybridized carbons (Fsp3) is 0.516. The van der Waals surface area contributed by atoms with Crippen molar-refractivity contribution in [2.45, 2.75) is 126 Å². The van der Waals surface area contributed by atoms with Crippen LogP contribution in [0, 0.1) is 0 Å². The Bertz CT molecular complexity index is 2900. The molecular formula is C62H76Cl4N10O8. The van der Waals surface area contributed by atoms with Gasteiger partial charge in [0.25, 0.3) is 0 Å². The maximum absolute atomic E-state index is 14.0. The molecule has 6 N–H and O–H groups in total. The number of carbonyl (C=O) groups excluding carboxylic acids is 4. The SMILES string of the molecule is O=C(O)CN(CCN(CC(=O)O)CC(=O)NCCCCc1cc(Cl)c(CNC2(C(=O)N3CCN(C4CC4)c4ccccc43)CC2)cc1Cl)CC(=O)NCCCCc1cc(Cl)c(CNC2(C(=O)N3CCN(C4CC4)c4ccccc43)CC2)cc1Cl. The van der Waals surface area contributed by atoms with Gasteiger partial charge in [0, 0.05) is 97.6 Å². The molecule has 4 fully saturated rings. The highest BCUT2D eigenvalue weighted by molar-refractivity contribution is 6.35. The monoisotopic (exact) mass is 1230 g/mol. The Labute approximate surface area is 511 Å². The molecule has 10 rings (SSSR count). The molecular weight excluding hydrogens is 1150 g/mol. The number of unbranched alkanes of at least 4 members (excludes halogenated alkanes) is 2. The molecule has 0 atom stereocenters. The second kappa shape index (κ2) is 27.3. The van der Waals surface area contributed by atoms with Crippen molar-refractivity contribution in [3.8, 4) is 0 Å². The minimum Gasteiger partial charge on any atom is -0.480 e. The molecule has 6 aliphatic rings. The number of hydrogen-bond donors (Lipinski definition) is 6. The number of halogens is 4. The number of hydrogen-bond acceptors (Lipinski definition) is 12. The third kappa shape index (κ3) is 15.5. The predicted molar refractivity (Wildman–Crippen MR) is 329 cm³/mol. The standard InChI is InChI=1S/C62H76Cl4N10O8/c63-47-33-43(35-69-61(19-20-61)59(83)75-29-27-73(45-15-16-45)51-11-1-3-13-53(51)75)49(65)31-41(47)9-5-7-23-67-55(77)37-71(39-57(79)80)25-26-72(40-58(81)82)38-56(78)68-24-8-6-10-42-32-50(66)44(34-48(42)64)36-70-62(21-22-62)60(84)76-30-28-74(46-17-18-46)52-12-2-4-14-54(52)76/h1-4,11-14,31-34,45-46,69-70H,5-10,15-30,35-40H2,(H,67,77)(H,68,78)(H,79,80)(H,81,82). The number of nitrogens with zero attached hydrogens (tertiary/aromatic N) is 6. The summed E-state index contributed by atoms with van der Waals surface area (Å²) < 4.78 is 0. The van der Waals surface area contributed by atoms with Crippen LogP contribution in [0.2, 0.25) is 20.1 Å². The molecule has 2 heterocycles. The smallest absolute Gasteiger partial charge is 0.317 e. The summed E-state index contributed by atoms with van der Waals surface area (Å²) in [5.41, 5.74) is 6.24. The van der Waals surface area contributed by atoms with Gasteiger partial charge in [0.15, 0.2) is 0 Å². The number of fused-ring (bicyclic) bond motifs is 2. The van der Waals surface area contributed by atoms with Gasteiger partial charge in [-0.15, -0.1) is 0 Å². The van der Waals surface area contributed by atoms with E-state index in [9.17, 15) is 39.0 Å². The van der Waals surface area contributed by atoms with Crippen LogP contribution in [0.15, 0.2) is 72.8 Å². The van der Waals surface area contributed by atoms with E-state index in [0.717, 1.165) is 83.8 Å². The summed E-state index contributed by atoms with van der Waals surface area (Å²) in [6.45, 7) is 3.06. The minimum atomic E-state index is -1.15. The first kappa shape index (κ1) is 61.4. The highest BCUT2D eigenvalue weighted by Gasteiger charge is 2.54. The van der Waals surface area contributed by atoms with E-state index >= 15 is 0 Å². The Kier molecular flexibility index (Phi) is 20.0.